The van der Waals surface area contributed by atoms with Gasteiger partial charge in [-0.25, -0.2) is 4.98 Å². The third-order valence-electron chi connectivity index (χ3n) is 6.25. The number of halogens is 3. The highest BCUT2D eigenvalue weighted by atomic mass is 19.4. The number of fused-ring (bicyclic) bond motifs is 2. The Morgan fingerprint density at radius 3 is 2.59 bits per heavy atom. The molecule has 10 heteroatoms. The van der Waals surface area contributed by atoms with Crippen LogP contribution in [0.15, 0.2) is 105 Å². The SMILES string of the molecule is COc1cccc2oc(-c3nc4ccccc4c(=O)n3N=Cc3cccn3-c3cccc(C(F)(F)F)c3)cc12. The molecular formula is C29H19F3N4O3. The van der Waals surface area contributed by atoms with Crippen molar-refractivity contribution in [3.05, 3.63) is 113 Å². The van der Waals surface area contributed by atoms with Crippen LogP contribution in [0.2, 0.25) is 0 Å². The molecule has 6 rings (SSSR count). The average Bonchev–Trinajstić information content (AvgIpc) is 3.59. The van der Waals surface area contributed by atoms with Gasteiger partial charge < -0.3 is 13.7 Å². The predicted octanol–water partition coefficient (Wildman–Crippen LogP) is 6.51. The van der Waals surface area contributed by atoms with Gasteiger partial charge in [-0.3, -0.25) is 4.79 Å². The summed E-state index contributed by atoms with van der Waals surface area (Å²) in [5.41, 5.74) is 0.548. The van der Waals surface area contributed by atoms with Gasteiger partial charge in [-0.05, 0) is 60.7 Å². The van der Waals surface area contributed by atoms with Gasteiger partial charge in [-0.1, -0.05) is 24.3 Å². The second kappa shape index (κ2) is 9.32. The maximum absolute atomic E-state index is 13.5. The summed E-state index contributed by atoms with van der Waals surface area (Å²) < 4.78 is 54.0. The lowest BCUT2D eigenvalue weighted by atomic mass is 10.2. The van der Waals surface area contributed by atoms with Crippen LogP contribution in [0, 0.1) is 0 Å². The third kappa shape index (κ3) is 4.35. The van der Waals surface area contributed by atoms with E-state index in [0.717, 1.165) is 16.8 Å². The zero-order valence-electron chi connectivity index (χ0n) is 20.4. The Kier molecular flexibility index (Phi) is 5.79. The molecule has 0 saturated heterocycles. The minimum atomic E-state index is -4.48. The van der Waals surface area contributed by atoms with Crippen molar-refractivity contribution < 1.29 is 22.3 Å². The Balaban J connectivity index is 1.50. The first-order chi connectivity index (χ1) is 18.8. The number of hydrogen-bond acceptors (Lipinski definition) is 5. The number of nitrogens with zero attached hydrogens (tertiary/aromatic N) is 4. The number of hydrogen-bond donors (Lipinski definition) is 0. The average molecular weight is 528 g/mol. The number of para-hydroxylation sites is 1. The van der Waals surface area contributed by atoms with E-state index in [1.54, 1.807) is 84.6 Å². The van der Waals surface area contributed by atoms with Gasteiger partial charge in [0.25, 0.3) is 5.56 Å². The lowest BCUT2D eigenvalue weighted by Gasteiger charge is -2.11. The second-order valence-electron chi connectivity index (χ2n) is 8.65. The molecule has 3 aromatic carbocycles. The monoisotopic (exact) mass is 528 g/mol. The lowest BCUT2D eigenvalue weighted by molar-refractivity contribution is -0.137. The molecule has 0 bridgehead atoms. The van der Waals surface area contributed by atoms with Crippen molar-refractivity contribution in [1.82, 2.24) is 14.2 Å². The van der Waals surface area contributed by atoms with Crippen LogP contribution in [0.5, 0.6) is 5.75 Å². The molecule has 3 heterocycles. The van der Waals surface area contributed by atoms with Gasteiger partial charge >= 0.3 is 6.18 Å². The number of furan rings is 1. The zero-order chi connectivity index (χ0) is 27.1. The summed E-state index contributed by atoms with van der Waals surface area (Å²) >= 11 is 0. The van der Waals surface area contributed by atoms with E-state index in [-0.39, 0.29) is 5.82 Å². The standard InChI is InChI=1S/C29H19F3N4O3/c1-38-24-12-5-13-25-22(24)16-26(39-25)27-34-23-11-3-2-10-21(23)28(37)36(27)33-17-20-9-6-14-35(20)19-8-4-7-18(15-19)29(30,31)32/h2-17H,1H3. The van der Waals surface area contributed by atoms with Gasteiger partial charge in [-0.2, -0.15) is 22.9 Å². The summed E-state index contributed by atoms with van der Waals surface area (Å²) in [6.45, 7) is 0. The van der Waals surface area contributed by atoms with Crippen LogP contribution in [0.25, 0.3) is 39.1 Å². The predicted molar refractivity (Wildman–Crippen MR) is 142 cm³/mol. The van der Waals surface area contributed by atoms with E-state index in [9.17, 15) is 18.0 Å². The Morgan fingerprint density at radius 1 is 0.949 bits per heavy atom. The molecule has 3 aromatic heterocycles. The fraction of sp³-hybridized carbons (Fsp3) is 0.0690. The molecule has 194 valence electrons. The summed E-state index contributed by atoms with van der Waals surface area (Å²) in [6.07, 6.45) is -1.47. The van der Waals surface area contributed by atoms with Crippen molar-refractivity contribution in [2.45, 2.75) is 6.18 Å². The van der Waals surface area contributed by atoms with E-state index < -0.39 is 17.3 Å². The normalized spacial score (nSPS) is 12.1. The van der Waals surface area contributed by atoms with Crippen molar-refractivity contribution >= 4 is 28.1 Å². The number of alkyl halides is 3. The van der Waals surface area contributed by atoms with Gasteiger partial charge in [0.1, 0.15) is 11.3 Å². The number of benzene rings is 3. The van der Waals surface area contributed by atoms with Gasteiger partial charge in [0.2, 0.25) is 5.82 Å². The number of methoxy groups -OCH3 is 1. The summed E-state index contributed by atoms with van der Waals surface area (Å²) in [5.74, 6) is 1.05. The molecule has 0 aliphatic rings. The molecule has 7 nitrogen and oxygen atoms in total. The summed E-state index contributed by atoms with van der Waals surface area (Å²) in [6, 6.07) is 22.3. The van der Waals surface area contributed by atoms with E-state index in [1.807, 2.05) is 0 Å². The van der Waals surface area contributed by atoms with Crippen LogP contribution in [-0.4, -0.2) is 27.6 Å². The van der Waals surface area contributed by atoms with Gasteiger partial charge in [0.15, 0.2) is 5.76 Å². The number of aromatic nitrogens is 3. The molecule has 0 aliphatic carbocycles. The molecule has 0 fully saturated rings. The molecule has 0 radical (unpaired) electrons. The molecule has 0 atom stereocenters. The second-order valence-corrected chi connectivity index (χ2v) is 8.65. The van der Waals surface area contributed by atoms with Crippen LogP contribution in [0.4, 0.5) is 13.2 Å². The Labute approximate surface area is 219 Å². The number of rotatable bonds is 5. The third-order valence-corrected chi connectivity index (χ3v) is 6.25. The van der Waals surface area contributed by atoms with Crippen molar-refractivity contribution in [3.8, 4) is 23.0 Å². The maximum atomic E-state index is 13.5. The Hall–Kier alpha value is -5.12. The molecule has 6 aromatic rings. The molecule has 0 unspecified atom stereocenters. The fourth-order valence-corrected chi connectivity index (χ4v) is 4.40. The van der Waals surface area contributed by atoms with Crippen molar-refractivity contribution in [2.24, 2.45) is 5.10 Å². The van der Waals surface area contributed by atoms with Crippen molar-refractivity contribution in [2.75, 3.05) is 7.11 Å². The van der Waals surface area contributed by atoms with E-state index >= 15 is 0 Å². The zero-order valence-corrected chi connectivity index (χ0v) is 20.4. The first-order valence-electron chi connectivity index (χ1n) is 11.8. The van der Waals surface area contributed by atoms with E-state index in [0.29, 0.717) is 44.8 Å². The van der Waals surface area contributed by atoms with Gasteiger partial charge in [0.05, 0.1) is 40.9 Å². The summed E-state index contributed by atoms with van der Waals surface area (Å²) in [4.78, 5) is 18.2. The van der Waals surface area contributed by atoms with Crippen LogP contribution >= 0.6 is 0 Å². The van der Waals surface area contributed by atoms with Gasteiger partial charge in [-0.15, -0.1) is 0 Å². The first kappa shape index (κ1) is 24.2. The highest BCUT2D eigenvalue weighted by Gasteiger charge is 2.30. The minimum absolute atomic E-state index is 0.158. The highest BCUT2D eigenvalue weighted by Crippen LogP contribution is 2.33. The molecule has 0 amide bonds. The molecule has 0 aliphatic heterocycles. The summed E-state index contributed by atoms with van der Waals surface area (Å²) in [5, 5.41) is 5.48. The minimum Gasteiger partial charge on any atom is -0.496 e. The van der Waals surface area contributed by atoms with E-state index in [1.165, 1.54) is 12.3 Å². The molecule has 0 N–H and O–H groups in total. The van der Waals surface area contributed by atoms with Crippen molar-refractivity contribution in [3.63, 3.8) is 0 Å². The Bertz CT molecular complexity index is 1930. The number of ether oxygens (including phenoxy) is 1. The van der Waals surface area contributed by atoms with Crippen LogP contribution in [0.3, 0.4) is 0 Å². The molecule has 0 saturated carbocycles. The quantitative estimate of drug-likeness (QED) is 0.239. The highest BCUT2D eigenvalue weighted by molar-refractivity contribution is 5.88. The molecule has 0 spiro atoms. The van der Waals surface area contributed by atoms with Crippen LogP contribution in [0.1, 0.15) is 11.3 Å². The van der Waals surface area contributed by atoms with Crippen molar-refractivity contribution in [1.29, 1.82) is 0 Å². The molecule has 39 heavy (non-hydrogen) atoms. The van der Waals surface area contributed by atoms with E-state index in [4.69, 9.17) is 9.15 Å². The smallest absolute Gasteiger partial charge is 0.416 e. The first-order valence-corrected chi connectivity index (χ1v) is 11.8. The van der Waals surface area contributed by atoms with E-state index in [2.05, 4.69) is 10.1 Å². The largest absolute Gasteiger partial charge is 0.496 e. The van der Waals surface area contributed by atoms with Crippen LogP contribution < -0.4 is 10.3 Å². The van der Waals surface area contributed by atoms with Gasteiger partial charge in [0, 0.05) is 11.9 Å². The topological polar surface area (TPSA) is 74.6 Å². The molecular weight excluding hydrogens is 509 g/mol. The van der Waals surface area contributed by atoms with Crippen LogP contribution in [-0.2, 0) is 6.18 Å². The fourth-order valence-electron chi connectivity index (χ4n) is 4.40. The lowest BCUT2D eigenvalue weighted by Crippen LogP contribution is -2.20. The summed E-state index contributed by atoms with van der Waals surface area (Å²) in [7, 11) is 1.55. The Morgan fingerprint density at radius 2 is 1.77 bits per heavy atom. The maximum Gasteiger partial charge on any atom is 0.416 e.